The van der Waals surface area contributed by atoms with Gasteiger partial charge in [0.15, 0.2) is 5.96 Å². The van der Waals surface area contributed by atoms with Crippen molar-refractivity contribution in [1.29, 1.82) is 0 Å². The van der Waals surface area contributed by atoms with Crippen LogP contribution in [0.1, 0.15) is 44.1 Å². The Hall–Kier alpha value is -1.57. The molecule has 2 N–H and O–H groups in total. The lowest BCUT2D eigenvalue weighted by atomic mass is 10.1. The number of aromatic nitrogens is 2. The van der Waals surface area contributed by atoms with Crippen molar-refractivity contribution < 1.29 is 0 Å². The lowest BCUT2D eigenvalue weighted by molar-refractivity contribution is 0.624. The molecule has 1 heterocycles. The summed E-state index contributed by atoms with van der Waals surface area (Å²) in [4.78, 5) is 8.98. The Labute approximate surface area is 168 Å². The highest BCUT2D eigenvalue weighted by atomic mass is 127. The average molecular weight is 455 g/mol. The quantitative estimate of drug-likeness (QED) is 0.380. The Morgan fingerprint density at radius 1 is 1.28 bits per heavy atom. The maximum atomic E-state index is 4.70. The molecule has 0 spiro atoms. The molecule has 0 fully saturated rings. The van der Waals surface area contributed by atoms with E-state index in [0.717, 1.165) is 31.3 Å². The predicted molar refractivity (Wildman–Crippen MR) is 116 cm³/mol. The lowest BCUT2D eigenvalue weighted by Gasteiger charge is -2.16. The van der Waals surface area contributed by atoms with Gasteiger partial charge in [-0.05, 0) is 38.3 Å². The number of imidazole rings is 1. The first kappa shape index (κ1) is 21.5. The number of guanidine groups is 1. The second-order valence-corrected chi connectivity index (χ2v) is 6.07. The van der Waals surface area contributed by atoms with Crippen molar-refractivity contribution in [1.82, 2.24) is 20.2 Å². The first-order valence-electron chi connectivity index (χ1n) is 8.72. The largest absolute Gasteiger partial charge is 0.357 e. The van der Waals surface area contributed by atoms with Crippen LogP contribution in [0.4, 0.5) is 0 Å². The van der Waals surface area contributed by atoms with Gasteiger partial charge in [-0.25, -0.2) is 9.98 Å². The minimum Gasteiger partial charge on any atom is -0.357 e. The van der Waals surface area contributed by atoms with Gasteiger partial charge >= 0.3 is 0 Å². The van der Waals surface area contributed by atoms with Gasteiger partial charge in [0.05, 0.1) is 6.54 Å². The van der Waals surface area contributed by atoms with E-state index in [1.54, 1.807) is 0 Å². The molecule has 5 nitrogen and oxygen atoms in total. The van der Waals surface area contributed by atoms with Gasteiger partial charge in [-0.2, -0.15) is 0 Å². The van der Waals surface area contributed by atoms with Crippen molar-refractivity contribution in [3.63, 3.8) is 0 Å². The molecule has 1 unspecified atom stereocenters. The van der Waals surface area contributed by atoms with Crippen LogP contribution in [-0.2, 0) is 13.1 Å². The van der Waals surface area contributed by atoms with E-state index in [-0.39, 0.29) is 24.0 Å². The monoisotopic (exact) mass is 455 g/mol. The fourth-order valence-corrected chi connectivity index (χ4v) is 2.42. The molecule has 0 radical (unpaired) electrons. The van der Waals surface area contributed by atoms with Crippen LogP contribution in [-0.4, -0.2) is 28.1 Å². The van der Waals surface area contributed by atoms with Gasteiger partial charge in [0.2, 0.25) is 0 Å². The number of nitrogens with zero attached hydrogens (tertiary/aromatic N) is 3. The molecule has 0 bridgehead atoms. The summed E-state index contributed by atoms with van der Waals surface area (Å²) in [6.07, 6.45) is 4.93. The second-order valence-electron chi connectivity index (χ2n) is 6.07. The number of benzene rings is 1. The van der Waals surface area contributed by atoms with Crippen molar-refractivity contribution >= 4 is 29.9 Å². The smallest absolute Gasteiger partial charge is 0.191 e. The highest BCUT2D eigenvalue weighted by Gasteiger charge is 2.03. The molecule has 6 heteroatoms. The van der Waals surface area contributed by atoms with Crippen LogP contribution in [0.25, 0.3) is 0 Å². The lowest BCUT2D eigenvalue weighted by Crippen LogP contribution is -2.41. The molecule has 0 aliphatic rings. The summed E-state index contributed by atoms with van der Waals surface area (Å²) in [5.41, 5.74) is 2.48. The average Bonchev–Trinajstić information content (AvgIpc) is 2.98. The van der Waals surface area contributed by atoms with Gasteiger partial charge in [-0.1, -0.05) is 31.2 Å². The summed E-state index contributed by atoms with van der Waals surface area (Å²) >= 11 is 0. The maximum Gasteiger partial charge on any atom is 0.191 e. The minimum atomic E-state index is 0. The molecule has 0 saturated heterocycles. The SMILES string of the molecule is CCNC(=NCc1cccc(Cn2ccnc2C)c1)NC(C)CC.I. The van der Waals surface area contributed by atoms with Crippen molar-refractivity contribution in [2.24, 2.45) is 4.99 Å². The van der Waals surface area contributed by atoms with Crippen molar-refractivity contribution in [3.8, 4) is 0 Å². The summed E-state index contributed by atoms with van der Waals surface area (Å²) < 4.78 is 2.15. The van der Waals surface area contributed by atoms with E-state index in [1.807, 2.05) is 19.3 Å². The number of hydrogen-bond acceptors (Lipinski definition) is 2. The first-order valence-corrected chi connectivity index (χ1v) is 8.72. The van der Waals surface area contributed by atoms with Crippen LogP contribution in [0, 0.1) is 6.92 Å². The number of aryl methyl sites for hydroxylation is 1. The molecule has 2 aromatic rings. The molecular weight excluding hydrogens is 425 g/mol. The Bertz CT molecular complexity index is 665. The van der Waals surface area contributed by atoms with Gasteiger partial charge in [-0.15, -0.1) is 24.0 Å². The maximum absolute atomic E-state index is 4.70. The van der Waals surface area contributed by atoms with Gasteiger partial charge < -0.3 is 15.2 Å². The van der Waals surface area contributed by atoms with Gasteiger partial charge in [0, 0.05) is 31.5 Å². The van der Waals surface area contributed by atoms with E-state index in [2.05, 4.69) is 65.2 Å². The third kappa shape index (κ3) is 7.05. The fourth-order valence-electron chi connectivity index (χ4n) is 2.42. The zero-order valence-electron chi connectivity index (χ0n) is 15.6. The molecule has 1 aromatic heterocycles. The molecule has 0 amide bonds. The van der Waals surface area contributed by atoms with E-state index in [9.17, 15) is 0 Å². The summed E-state index contributed by atoms with van der Waals surface area (Å²) in [5, 5.41) is 6.73. The van der Waals surface area contributed by atoms with Crippen LogP contribution in [0.3, 0.4) is 0 Å². The third-order valence-corrected chi connectivity index (χ3v) is 4.03. The summed E-state index contributed by atoms with van der Waals surface area (Å²) in [5.74, 6) is 1.91. The number of rotatable bonds is 7. The zero-order valence-corrected chi connectivity index (χ0v) is 18.0. The van der Waals surface area contributed by atoms with E-state index in [0.29, 0.717) is 12.6 Å². The van der Waals surface area contributed by atoms with E-state index < -0.39 is 0 Å². The van der Waals surface area contributed by atoms with Crippen LogP contribution in [0.15, 0.2) is 41.7 Å². The molecule has 0 aliphatic carbocycles. The fraction of sp³-hybridized carbons (Fsp3) is 0.474. The van der Waals surface area contributed by atoms with Crippen LogP contribution < -0.4 is 10.6 Å². The molecule has 1 atom stereocenters. The predicted octanol–water partition coefficient (Wildman–Crippen LogP) is 3.71. The Morgan fingerprint density at radius 2 is 2.04 bits per heavy atom. The number of aliphatic imine (C=N–C) groups is 1. The highest BCUT2D eigenvalue weighted by molar-refractivity contribution is 14.0. The van der Waals surface area contributed by atoms with Crippen LogP contribution in [0.2, 0.25) is 0 Å². The Kier molecular flexibility index (Phi) is 9.55. The molecule has 2 rings (SSSR count). The summed E-state index contributed by atoms with van der Waals surface area (Å²) in [7, 11) is 0. The number of hydrogen-bond donors (Lipinski definition) is 2. The molecule has 138 valence electrons. The third-order valence-electron chi connectivity index (χ3n) is 4.03. The van der Waals surface area contributed by atoms with Crippen molar-refractivity contribution in [3.05, 3.63) is 53.6 Å². The molecule has 1 aromatic carbocycles. The topological polar surface area (TPSA) is 54.2 Å². The summed E-state index contributed by atoms with van der Waals surface area (Å²) in [6.45, 7) is 10.8. The Morgan fingerprint density at radius 3 is 2.68 bits per heavy atom. The minimum absolute atomic E-state index is 0. The first-order chi connectivity index (χ1) is 11.6. The second kappa shape index (κ2) is 11.1. The molecule has 25 heavy (non-hydrogen) atoms. The van der Waals surface area contributed by atoms with E-state index >= 15 is 0 Å². The van der Waals surface area contributed by atoms with Crippen molar-refractivity contribution in [2.45, 2.75) is 53.2 Å². The van der Waals surface area contributed by atoms with Crippen molar-refractivity contribution in [2.75, 3.05) is 6.54 Å². The molecule has 0 aliphatic heterocycles. The van der Waals surface area contributed by atoms with Gasteiger partial charge in [-0.3, -0.25) is 0 Å². The zero-order chi connectivity index (χ0) is 17.4. The van der Waals surface area contributed by atoms with Gasteiger partial charge in [0.25, 0.3) is 0 Å². The van der Waals surface area contributed by atoms with E-state index in [1.165, 1.54) is 11.1 Å². The van der Waals surface area contributed by atoms with Crippen LogP contribution >= 0.6 is 24.0 Å². The molecular formula is C19H30IN5. The van der Waals surface area contributed by atoms with Gasteiger partial charge in [0.1, 0.15) is 5.82 Å². The standard InChI is InChI=1S/C19H29N5.HI/c1-5-15(3)23-19(20-6-2)22-13-17-8-7-9-18(12-17)14-24-11-10-21-16(24)4;/h7-12,15H,5-6,13-14H2,1-4H3,(H2,20,22,23);1H. The number of nitrogens with one attached hydrogen (secondary N) is 2. The Balaban J connectivity index is 0.00000312. The molecule has 0 saturated carbocycles. The summed E-state index contributed by atoms with van der Waals surface area (Å²) in [6, 6.07) is 9.01. The number of halogens is 1. The highest BCUT2D eigenvalue weighted by Crippen LogP contribution is 2.09. The normalized spacial score (nSPS) is 12.4. The van der Waals surface area contributed by atoms with Crippen LogP contribution in [0.5, 0.6) is 0 Å². The van der Waals surface area contributed by atoms with E-state index in [4.69, 9.17) is 4.99 Å².